The minimum absolute atomic E-state index is 0.00463. The molecule has 0 aromatic heterocycles. The Labute approximate surface area is 68.8 Å². The molecule has 0 fully saturated rings. The lowest BCUT2D eigenvalue weighted by Crippen LogP contribution is -2.41. The van der Waals surface area contributed by atoms with Crippen molar-refractivity contribution in [3.8, 4) is 0 Å². The molecule has 1 unspecified atom stereocenters. The van der Waals surface area contributed by atoms with Gasteiger partial charge in [0.05, 0.1) is 6.04 Å². The Hall–Kier alpha value is -0.570. The SMILES string of the molecule is CCCC(NC)C(=O)N(C)C. The van der Waals surface area contributed by atoms with Crippen LogP contribution in [-0.4, -0.2) is 38.0 Å². The number of nitrogens with zero attached hydrogens (tertiary/aromatic N) is 1. The smallest absolute Gasteiger partial charge is 0.239 e. The maximum Gasteiger partial charge on any atom is 0.239 e. The number of nitrogens with one attached hydrogen (secondary N) is 1. The number of carbonyl (C=O) groups is 1. The van der Waals surface area contributed by atoms with Crippen LogP contribution in [0.4, 0.5) is 0 Å². The quantitative estimate of drug-likeness (QED) is 0.644. The van der Waals surface area contributed by atoms with E-state index in [4.69, 9.17) is 0 Å². The van der Waals surface area contributed by atoms with Crippen LogP contribution in [0.15, 0.2) is 0 Å². The molecule has 0 radical (unpaired) electrons. The first-order chi connectivity index (χ1) is 5.13. The number of amides is 1. The number of hydrogen-bond donors (Lipinski definition) is 1. The van der Waals surface area contributed by atoms with E-state index in [0.717, 1.165) is 12.8 Å². The first kappa shape index (κ1) is 10.4. The second-order valence-electron chi connectivity index (χ2n) is 2.86. The lowest BCUT2D eigenvalue weighted by atomic mass is 10.1. The van der Waals surface area contributed by atoms with Crippen LogP contribution in [-0.2, 0) is 4.79 Å². The molecule has 0 bridgehead atoms. The summed E-state index contributed by atoms with van der Waals surface area (Å²) in [5, 5.41) is 2.99. The summed E-state index contributed by atoms with van der Waals surface area (Å²) in [6, 6.07) is -0.00463. The van der Waals surface area contributed by atoms with Gasteiger partial charge in [-0.2, -0.15) is 0 Å². The van der Waals surface area contributed by atoms with Gasteiger partial charge in [-0.1, -0.05) is 13.3 Å². The summed E-state index contributed by atoms with van der Waals surface area (Å²) in [5.74, 6) is 0.161. The molecule has 0 aliphatic carbocycles. The Balaban J connectivity index is 3.92. The molecule has 0 aromatic carbocycles. The number of carbonyl (C=O) groups excluding carboxylic acids is 1. The van der Waals surface area contributed by atoms with Crippen molar-refractivity contribution in [1.29, 1.82) is 0 Å². The van der Waals surface area contributed by atoms with Gasteiger partial charge >= 0.3 is 0 Å². The molecule has 11 heavy (non-hydrogen) atoms. The lowest BCUT2D eigenvalue weighted by molar-refractivity contribution is -0.130. The number of hydrogen-bond acceptors (Lipinski definition) is 2. The third-order valence-electron chi connectivity index (χ3n) is 1.66. The first-order valence-corrected chi connectivity index (χ1v) is 4.01. The van der Waals surface area contributed by atoms with Crippen molar-refractivity contribution in [2.45, 2.75) is 25.8 Å². The third kappa shape index (κ3) is 3.37. The summed E-state index contributed by atoms with van der Waals surface area (Å²) in [5.41, 5.74) is 0. The fraction of sp³-hybridized carbons (Fsp3) is 0.875. The van der Waals surface area contributed by atoms with Crippen molar-refractivity contribution in [3.05, 3.63) is 0 Å². The lowest BCUT2D eigenvalue weighted by Gasteiger charge is -2.18. The van der Waals surface area contributed by atoms with Crippen LogP contribution in [0.1, 0.15) is 19.8 Å². The molecule has 0 saturated carbocycles. The molecule has 0 rings (SSSR count). The van der Waals surface area contributed by atoms with E-state index in [9.17, 15) is 4.79 Å². The highest BCUT2D eigenvalue weighted by molar-refractivity contribution is 5.81. The van der Waals surface area contributed by atoms with E-state index in [-0.39, 0.29) is 11.9 Å². The highest BCUT2D eigenvalue weighted by Gasteiger charge is 2.15. The topological polar surface area (TPSA) is 32.3 Å². The van der Waals surface area contributed by atoms with Gasteiger partial charge in [0.15, 0.2) is 0 Å². The van der Waals surface area contributed by atoms with Crippen LogP contribution in [0, 0.1) is 0 Å². The van der Waals surface area contributed by atoms with Crippen molar-refractivity contribution in [2.75, 3.05) is 21.1 Å². The predicted molar refractivity (Wildman–Crippen MR) is 46.4 cm³/mol. The zero-order chi connectivity index (χ0) is 8.85. The van der Waals surface area contributed by atoms with Gasteiger partial charge in [0, 0.05) is 14.1 Å². The molecule has 0 heterocycles. The molecule has 3 nitrogen and oxygen atoms in total. The van der Waals surface area contributed by atoms with E-state index in [1.54, 1.807) is 19.0 Å². The minimum atomic E-state index is -0.00463. The number of rotatable bonds is 4. The average molecular weight is 158 g/mol. The largest absolute Gasteiger partial charge is 0.347 e. The first-order valence-electron chi connectivity index (χ1n) is 4.01. The van der Waals surface area contributed by atoms with Crippen LogP contribution in [0.5, 0.6) is 0 Å². The highest BCUT2D eigenvalue weighted by atomic mass is 16.2. The van der Waals surface area contributed by atoms with Crippen LogP contribution >= 0.6 is 0 Å². The van der Waals surface area contributed by atoms with E-state index in [1.165, 1.54) is 0 Å². The van der Waals surface area contributed by atoms with Crippen molar-refractivity contribution < 1.29 is 4.79 Å². The van der Waals surface area contributed by atoms with Crippen molar-refractivity contribution >= 4 is 5.91 Å². The molecular weight excluding hydrogens is 140 g/mol. The predicted octanol–water partition coefficient (Wildman–Crippen LogP) is 0.463. The van der Waals surface area contributed by atoms with E-state index >= 15 is 0 Å². The van der Waals surface area contributed by atoms with Gasteiger partial charge in [0.1, 0.15) is 0 Å². The highest BCUT2D eigenvalue weighted by Crippen LogP contribution is 1.98. The summed E-state index contributed by atoms with van der Waals surface area (Å²) in [6.45, 7) is 2.08. The molecule has 0 aromatic rings. The molecule has 1 amide bonds. The minimum Gasteiger partial charge on any atom is -0.347 e. The molecule has 1 N–H and O–H groups in total. The summed E-state index contributed by atoms with van der Waals surface area (Å²) < 4.78 is 0. The molecule has 0 aliphatic rings. The monoisotopic (exact) mass is 158 g/mol. The normalized spacial score (nSPS) is 12.7. The van der Waals surface area contributed by atoms with E-state index in [1.807, 2.05) is 7.05 Å². The van der Waals surface area contributed by atoms with Gasteiger partial charge in [0.2, 0.25) is 5.91 Å². The second kappa shape index (κ2) is 5.13. The van der Waals surface area contributed by atoms with Crippen molar-refractivity contribution in [2.24, 2.45) is 0 Å². The zero-order valence-corrected chi connectivity index (χ0v) is 7.85. The fourth-order valence-electron chi connectivity index (χ4n) is 0.992. The Morgan fingerprint density at radius 2 is 2.09 bits per heavy atom. The molecule has 0 spiro atoms. The maximum atomic E-state index is 11.3. The van der Waals surface area contributed by atoms with E-state index in [2.05, 4.69) is 12.2 Å². The van der Waals surface area contributed by atoms with E-state index in [0.29, 0.717) is 0 Å². The van der Waals surface area contributed by atoms with Gasteiger partial charge in [-0.15, -0.1) is 0 Å². The standard InChI is InChI=1S/C8H18N2O/c1-5-6-7(9-2)8(11)10(3)4/h7,9H,5-6H2,1-4H3. The van der Waals surface area contributed by atoms with Gasteiger partial charge in [-0.25, -0.2) is 0 Å². The van der Waals surface area contributed by atoms with Crippen LogP contribution < -0.4 is 5.32 Å². The third-order valence-corrected chi connectivity index (χ3v) is 1.66. The van der Waals surface area contributed by atoms with Gasteiger partial charge in [0.25, 0.3) is 0 Å². The zero-order valence-electron chi connectivity index (χ0n) is 7.85. The van der Waals surface area contributed by atoms with Crippen molar-refractivity contribution in [3.63, 3.8) is 0 Å². The summed E-state index contributed by atoms with van der Waals surface area (Å²) in [4.78, 5) is 12.9. The molecule has 0 aliphatic heterocycles. The number of likely N-dealkylation sites (N-methyl/N-ethyl adjacent to an activating group) is 2. The van der Waals surface area contributed by atoms with Crippen LogP contribution in [0.2, 0.25) is 0 Å². The van der Waals surface area contributed by atoms with Crippen molar-refractivity contribution in [1.82, 2.24) is 10.2 Å². The fourth-order valence-corrected chi connectivity index (χ4v) is 0.992. The Morgan fingerprint density at radius 1 is 1.55 bits per heavy atom. The summed E-state index contributed by atoms with van der Waals surface area (Å²) in [6.07, 6.45) is 1.94. The molecular formula is C8H18N2O. The van der Waals surface area contributed by atoms with E-state index < -0.39 is 0 Å². The van der Waals surface area contributed by atoms with Gasteiger partial charge in [-0.3, -0.25) is 4.79 Å². The Morgan fingerprint density at radius 3 is 2.36 bits per heavy atom. The molecule has 0 saturated heterocycles. The van der Waals surface area contributed by atoms with Gasteiger partial charge in [-0.05, 0) is 13.5 Å². The average Bonchev–Trinajstić information content (AvgIpc) is 1.98. The van der Waals surface area contributed by atoms with Crippen LogP contribution in [0.3, 0.4) is 0 Å². The summed E-state index contributed by atoms with van der Waals surface area (Å²) >= 11 is 0. The summed E-state index contributed by atoms with van der Waals surface area (Å²) in [7, 11) is 5.38. The molecule has 3 heteroatoms. The van der Waals surface area contributed by atoms with Gasteiger partial charge < -0.3 is 10.2 Å². The maximum absolute atomic E-state index is 11.3. The molecule has 66 valence electrons. The molecule has 1 atom stereocenters. The second-order valence-corrected chi connectivity index (χ2v) is 2.86. The Bertz CT molecular complexity index is 123. The van der Waals surface area contributed by atoms with Crippen LogP contribution in [0.25, 0.3) is 0 Å². The Kier molecular flexibility index (Phi) is 4.86.